The second-order valence-electron chi connectivity index (χ2n) is 5.95. The first-order chi connectivity index (χ1) is 14.2. The Morgan fingerprint density at radius 2 is 1.87 bits per heavy atom. The van der Waals surface area contributed by atoms with Gasteiger partial charge in [0.25, 0.3) is 0 Å². The first-order valence-electron chi connectivity index (χ1n) is 8.38. The van der Waals surface area contributed by atoms with Crippen molar-refractivity contribution in [3.05, 3.63) is 47.0 Å². The minimum absolute atomic E-state index is 0.0334. The van der Waals surface area contributed by atoms with Crippen molar-refractivity contribution in [1.82, 2.24) is 20.2 Å². The largest absolute Gasteiger partial charge is 0.493 e. The molecule has 30 heavy (non-hydrogen) atoms. The summed E-state index contributed by atoms with van der Waals surface area (Å²) in [5.41, 5.74) is -0.534. The Kier molecular flexibility index (Phi) is 6.11. The lowest BCUT2D eigenvalue weighted by molar-refractivity contribution is -0.137. The van der Waals surface area contributed by atoms with Gasteiger partial charge in [-0.3, -0.25) is 4.79 Å². The Hall–Kier alpha value is -3.34. The van der Waals surface area contributed by atoms with E-state index < -0.39 is 17.6 Å². The quantitative estimate of drug-likeness (QED) is 0.627. The molecule has 1 aromatic heterocycles. The molecule has 0 fully saturated rings. The van der Waals surface area contributed by atoms with Crippen LogP contribution in [0, 0.1) is 0 Å². The molecule has 0 spiro atoms. The fraction of sp³-hybridized carbons (Fsp3) is 0.222. The Morgan fingerprint density at radius 1 is 1.13 bits per heavy atom. The molecule has 0 aliphatic carbocycles. The van der Waals surface area contributed by atoms with Crippen LogP contribution < -0.4 is 14.8 Å². The van der Waals surface area contributed by atoms with E-state index in [4.69, 9.17) is 21.1 Å². The molecule has 0 radical (unpaired) electrons. The molecule has 3 rings (SSSR count). The van der Waals surface area contributed by atoms with E-state index in [1.807, 2.05) is 0 Å². The van der Waals surface area contributed by atoms with Crippen molar-refractivity contribution < 1.29 is 27.4 Å². The zero-order valence-corrected chi connectivity index (χ0v) is 16.5. The molecule has 0 aliphatic heterocycles. The average molecular weight is 442 g/mol. The van der Waals surface area contributed by atoms with E-state index in [2.05, 4.69) is 20.7 Å². The number of hydrogen-bond donors (Lipinski definition) is 1. The summed E-state index contributed by atoms with van der Waals surface area (Å²) in [5, 5.41) is 14.0. The number of halogens is 4. The molecule has 3 aromatic rings. The van der Waals surface area contributed by atoms with Gasteiger partial charge in [0.05, 0.1) is 30.5 Å². The van der Waals surface area contributed by atoms with Gasteiger partial charge in [-0.1, -0.05) is 11.6 Å². The van der Waals surface area contributed by atoms with Crippen LogP contribution in [0.15, 0.2) is 36.4 Å². The summed E-state index contributed by atoms with van der Waals surface area (Å²) < 4.78 is 48.9. The molecule has 158 valence electrons. The number of ether oxygens (including phenoxy) is 2. The van der Waals surface area contributed by atoms with E-state index in [1.165, 1.54) is 14.2 Å². The first kappa shape index (κ1) is 21.4. The zero-order valence-electron chi connectivity index (χ0n) is 15.7. The van der Waals surface area contributed by atoms with Crippen LogP contribution in [0.3, 0.4) is 0 Å². The number of methoxy groups -OCH3 is 2. The molecule has 2 aromatic carbocycles. The van der Waals surface area contributed by atoms with Gasteiger partial charge in [0.15, 0.2) is 11.5 Å². The lowest BCUT2D eigenvalue weighted by atomic mass is 10.2. The van der Waals surface area contributed by atoms with Gasteiger partial charge in [-0.25, -0.2) is 0 Å². The van der Waals surface area contributed by atoms with Crippen LogP contribution in [0.25, 0.3) is 11.4 Å². The Bertz CT molecular complexity index is 1070. The first-order valence-corrected chi connectivity index (χ1v) is 8.76. The van der Waals surface area contributed by atoms with Gasteiger partial charge in [0, 0.05) is 5.56 Å². The maximum atomic E-state index is 12.8. The highest BCUT2D eigenvalue weighted by Crippen LogP contribution is 2.34. The number of carbonyl (C=O) groups excluding carboxylic acids is 1. The molecule has 1 N–H and O–H groups in total. The second kappa shape index (κ2) is 8.57. The van der Waals surface area contributed by atoms with Crippen molar-refractivity contribution in [1.29, 1.82) is 0 Å². The summed E-state index contributed by atoms with van der Waals surface area (Å²) in [5.74, 6) is 0.530. The highest BCUT2D eigenvalue weighted by atomic mass is 35.5. The summed E-state index contributed by atoms with van der Waals surface area (Å²) >= 11 is 5.88. The van der Waals surface area contributed by atoms with E-state index in [-0.39, 0.29) is 23.1 Å². The maximum absolute atomic E-state index is 12.8. The number of alkyl halides is 3. The number of tetrazole rings is 1. The van der Waals surface area contributed by atoms with E-state index in [0.717, 1.165) is 23.0 Å². The second-order valence-corrected chi connectivity index (χ2v) is 6.36. The standard InChI is InChI=1S/C18H15ClF3N5O3/c1-29-14-6-3-10(7-15(14)30-2)17-24-26-27(25-17)9-16(28)23-13-8-11(18(20,21)22)4-5-12(13)19/h3-8H,9H2,1-2H3,(H,23,28). The Labute approximate surface area is 173 Å². The average Bonchev–Trinajstić information content (AvgIpc) is 3.16. The van der Waals surface area contributed by atoms with Gasteiger partial charge in [0.1, 0.15) is 6.54 Å². The van der Waals surface area contributed by atoms with Crippen LogP contribution in [-0.4, -0.2) is 40.3 Å². The topological polar surface area (TPSA) is 91.2 Å². The van der Waals surface area contributed by atoms with E-state index >= 15 is 0 Å². The van der Waals surface area contributed by atoms with Gasteiger partial charge in [-0.15, -0.1) is 10.2 Å². The van der Waals surface area contributed by atoms with Crippen molar-refractivity contribution >= 4 is 23.2 Å². The molecule has 0 aliphatic rings. The van der Waals surface area contributed by atoms with Gasteiger partial charge in [0.2, 0.25) is 11.7 Å². The molecule has 8 nitrogen and oxygen atoms in total. The molecule has 12 heteroatoms. The van der Waals surface area contributed by atoms with Gasteiger partial charge < -0.3 is 14.8 Å². The molecule has 0 atom stereocenters. The van der Waals surface area contributed by atoms with Crippen molar-refractivity contribution in [2.45, 2.75) is 12.7 Å². The summed E-state index contributed by atoms with van der Waals surface area (Å²) in [4.78, 5) is 13.2. The van der Waals surface area contributed by atoms with Crippen molar-refractivity contribution in [3.8, 4) is 22.9 Å². The number of amides is 1. The van der Waals surface area contributed by atoms with Crippen LogP contribution in [0.5, 0.6) is 11.5 Å². The van der Waals surface area contributed by atoms with Crippen molar-refractivity contribution in [2.75, 3.05) is 19.5 Å². The van der Waals surface area contributed by atoms with Crippen molar-refractivity contribution in [2.24, 2.45) is 0 Å². The van der Waals surface area contributed by atoms with Gasteiger partial charge in [-0.2, -0.15) is 18.0 Å². The van der Waals surface area contributed by atoms with Crippen LogP contribution >= 0.6 is 11.6 Å². The van der Waals surface area contributed by atoms with Crippen molar-refractivity contribution in [3.63, 3.8) is 0 Å². The lowest BCUT2D eigenvalue weighted by Crippen LogP contribution is -2.21. The molecule has 0 saturated carbocycles. The molecule has 0 saturated heterocycles. The summed E-state index contributed by atoms with van der Waals surface area (Å²) in [7, 11) is 2.98. The lowest BCUT2D eigenvalue weighted by Gasteiger charge is -2.11. The van der Waals surface area contributed by atoms with Crippen LogP contribution in [0.4, 0.5) is 18.9 Å². The normalized spacial score (nSPS) is 11.3. The van der Waals surface area contributed by atoms with Crippen LogP contribution in [-0.2, 0) is 17.5 Å². The third kappa shape index (κ3) is 4.79. The number of anilines is 1. The monoisotopic (exact) mass is 441 g/mol. The summed E-state index contributed by atoms with van der Waals surface area (Å²) in [6.45, 7) is -0.382. The van der Waals surface area contributed by atoms with Crippen LogP contribution in [0.1, 0.15) is 5.56 Å². The number of nitrogens with one attached hydrogen (secondary N) is 1. The highest BCUT2D eigenvalue weighted by molar-refractivity contribution is 6.33. The molecule has 1 amide bonds. The smallest absolute Gasteiger partial charge is 0.416 e. The Balaban J connectivity index is 1.73. The van der Waals surface area contributed by atoms with Crippen LogP contribution in [0.2, 0.25) is 5.02 Å². The SMILES string of the molecule is COc1ccc(-c2nnn(CC(=O)Nc3cc(C(F)(F)F)ccc3Cl)n2)cc1OC. The number of benzene rings is 2. The van der Waals surface area contributed by atoms with E-state index in [0.29, 0.717) is 17.1 Å². The third-order valence-corrected chi connectivity index (χ3v) is 4.28. The van der Waals surface area contributed by atoms with Gasteiger partial charge in [-0.05, 0) is 41.6 Å². The number of hydrogen-bond acceptors (Lipinski definition) is 6. The number of rotatable bonds is 6. The third-order valence-electron chi connectivity index (χ3n) is 3.95. The molecule has 0 bridgehead atoms. The summed E-state index contributed by atoms with van der Waals surface area (Å²) in [6, 6.07) is 7.63. The van der Waals surface area contributed by atoms with Gasteiger partial charge >= 0.3 is 6.18 Å². The fourth-order valence-electron chi connectivity index (χ4n) is 2.52. The molecule has 1 heterocycles. The Morgan fingerprint density at radius 3 is 2.53 bits per heavy atom. The number of aromatic nitrogens is 4. The minimum atomic E-state index is -4.56. The minimum Gasteiger partial charge on any atom is -0.493 e. The molecular weight excluding hydrogens is 427 g/mol. The van der Waals surface area contributed by atoms with E-state index in [1.54, 1.807) is 18.2 Å². The highest BCUT2D eigenvalue weighted by Gasteiger charge is 2.31. The zero-order chi connectivity index (χ0) is 21.9. The predicted molar refractivity (Wildman–Crippen MR) is 101 cm³/mol. The molecular formula is C18H15ClF3N5O3. The fourth-order valence-corrected chi connectivity index (χ4v) is 2.68. The molecule has 0 unspecified atom stereocenters. The number of nitrogens with zero attached hydrogens (tertiary/aromatic N) is 4. The van der Waals surface area contributed by atoms with E-state index in [9.17, 15) is 18.0 Å². The summed E-state index contributed by atoms with van der Waals surface area (Å²) in [6.07, 6.45) is -4.56. The maximum Gasteiger partial charge on any atom is 0.416 e. The number of carbonyl (C=O) groups is 1. The predicted octanol–water partition coefficient (Wildman–Crippen LogP) is 3.67.